The lowest BCUT2D eigenvalue weighted by Gasteiger charge is -2.30. The largest absolute Gasteiger partial charge is 0.394 e. The Balaban J connectivity index is 1.54. The molecule has 0 bridgehead atoms. The van der Waals surface area contributed by atoms with Gasteiger partial charge in [-0.2, -0.15) is 0 Å². The molecule has 0 heterocycles. The summed E-state index contributed by atoms with van der Waals surface area (Å²) in [7, 11) is 0. The molecule has 5 heteroatoms. The lowest BCUT2D eigenvalue weighted by Crippen LogP contribution is -2.40. The summed E-state index contributed by atoms with van der Waals surface area (Å²) in [6.07, 6.45) is 16.7. The van der Waals surface area contributed by atoms with Gasteiger partial charge in [0, 0.05) is 17.8 Å². The summed E-state index contributed by atoms with van der Waals surface area (Å²) in [5, 5.41) is 6.89. The van der Waals surface area contributed by atoms with Crippen LogP contribution in [-0.2, 0) is 6.42 Å². The van der Waals surface area contributed by atoms with Gasteiger partial charge < -0.3 is 16.4 Å². The zero-order valence-electron chi connectivity index (χ0n) is 20.5. The van der Waals surface area contributed by atoms with E-state index in [-0.39, 0.29) is 28.9 Å². The summed E-state index contributed by atoms with van der Waals surface area (Å²) in [6.45, 7) is 8.97. The minimum absolute atomic E-state index is 0.00649. The molecule has 2 aromatic carbocycles. The van der Waals surface area contributed by atoms with Crippen molar-refractivity contribution in [1.82, 2.24) is 5.32 Å². The summed E-state index contributed by atoms with van der Waals surface area (Å²) >= 11 is 0. The summed E-state index contributed by atoms with van der Waals surface area (Å²) in [4.78, 5) is 23.2. The van der Waals surface area contributed by atoms with E-state index in [2.05, 4.69) is 80.9 Å². The zero-order valence-corrected chi connectivity index (χ0v) is 20.5. The third-order valence-electron chi connectivity index (χ3n) is 6.87. The van der Waals surface area contributed by atoms with Crippen LogP contribution in [0.15, 0.2) is 81.5 Å². The first-order valence-corrected chi connectivity index (χ1v) is 12.1. The van der Waals surface area contributed by atoms with E-state index in [4.69, 9.17) is 5.73 Å². The Morgan fingerprint density at radius 2 is 1.91 bits per heavy atom. The van der Waals surface area contributed by atoms with Crippen LogP contribution >= 0.6 is 0 Å². The average Bonchev–Trinajstić information content (AvgIpc) is 2.82. The van der Waals surface area contributed by atoms with E-state index in [1.807, 2.05) is 18.2 Å². The van der Waals surface area contributed by atoms with E-state index in [1.165, 1.54) is 11.1 Å². The van der Waals surface area contributed by atoms with Gasteiger partial charge in [0.1, 0.15) is 11.4 Å². The third kappa shape index (κ3) is 5.31. The van der Waals surface area contributed by atoms with Crippen LogP contribution in [0, 0.1) is 11.3 Å². The first-order chi connectivity index (χ1) is 16.1. The Hall–Kier alpha value is -3.18. The molecule has 0 fully saturated rings. The molecule has 3 unspecified atom stereocenters. The Bertz CT molecular complexity index is 1250. The maximum atomic E-state index is 11.8. The van der Waals surface area contributed by atoms with E-state index in [0.29, 0.717) is 5.92 Å². The van der Waals surface area contributed by atoms with Crippen molar-refractivity contribution < 1.29 is 0 Å². The second-order valence-electron chi connectivity index (χ2n) is 10.4. The number of benzene rings is 1. The third-order valence-corrected chi connectivity index (χ3v) is 6.87. The van der Waals surface area contributed by atoms with Crippen molar-refractivity contribution in [1.29, 1.82) is 0 Å². The Morgan fingerprint density at radius 3 is 2.56 bits per heavy atom. The molecule has 2 aliphatic rings. The number of hydrogen-bond acceptors (Lipinski definition) is 5. The maximum Gasteiger partial charge on any atom is 0.253 e. The smallest absolute Gasteiger partial charge is 0.253 e. The van der Waals surface area contributed by atoms with Gasteiger partial charge in [0.25, 0.3) is 10.9 Å². The molecule has 0 saturated carbocycles. The quantitative estimate of drug-likeness (QED) is 0.490. The summed E-state index contributed by atoms with van der Waals surface area (Å²) in [6, 6.07) is 8.32. The number of allylic oxidation sites excluding steroid dienone is 4. The van der Waals surface area contributed by atoms with Crippen molar-refractivity contribution in [2.24, 2.45) is 11.3 Å². The van der Waals surface area contributed by atoms with Gasteiger partial charge in [0.2, 0.25) is 0 Å². The fourth-order valence-corrected chi connectivity index (χ4v) is 4.52. The highest BCUT2D eigenvalue weighted by atomic mass is 16.2. The van der Waals surface area contributed by atoms with Crippen LogP contribution in [0.5, 0.6) is 0 Å². The van der Waals surface area contributed by atoms with Gasteiger partial charge in [-0.05, 0) is 66.4 Å². The van der Waals surface area contributed by atoms with Crippen molar-refractivity contribution in [3.8, 4) is 0 Å². The van der Waals surface area contributed by atoms with Crippen LogP contribution in [0.1, 0.15) is 46.1 Å². The molecule has 0 aliphatic heterocycles. The van der Waals surface area contributed by atoms with Gasteiger partial charge in [0.05, 0.1) is 0 Å². The number of rotatable bonds is 8. The molecule has 5 nitrogen and oxygen atoms in total. The molecule has 3 atom stereocenters. The predicted octanol–water partition coefficient (Wildman–Crippen LogP) is 4.93. The number of hydrogen-bond donors (Lipinski definition) is 3. The second kappa shape index (κ2) is 9.59. The van der Waals surface area contributed by atoms with Crippen LogP contribution < -0.4 is 27.2 Å². The van der Waals surface area contributed by atoms with Crippen LogP contribution in [0.25, 0.3) is 0 Å². The Labute approximate surface area is 201 Å². The molecule has 0 saturated heterocycles. The molecule has 2 aliphatic carbocycles. The minimum Gasteiger partial charge on any atom is -0.394 e. The molecule has 2 aromatic rings. The van der Waals surface area contributed by atoms with E-state index in [1.54, 1.807) is 0 Å². The molecular weight excluding hydrogens is 422 g/mol. The van der Waals surface area contributed by atoms with E-state index < -0.39 is 10.9 Å². The molecule has 0 amide bonds. The topological polar surface area (TPSA) is 84.2 Å². The van der Waals surface area contributed by atoms with E-state index >= 15 is 0 Å². The minimum atomic E-state index is -0.615. The van der Waals surface area contributed by atoms with Crippen molar-refractivity contribution in [2.75, 3.05) is 11.1 Å². The molecular formula is C29H35N3O2. The average molecular weight is 458 g/mol. The van der Waals surface area contributed by atoms with Crippen molar-refractivity contribution in [2.45, 2.75) is 59.0 Å². The van der Waals surface area contributed by atoms with Gasteiger partial charge in [0.15, 0.2) is 0 Å². The van der Waals surface area contributed by atoms with Gasteiger partial charge in [-0.15, -0.1) is 0 Å². The number of nitrogens with two attached hydrogens (primary N) is 1. The van der Waals surface area contributed by atoms with Gasteiger partial charge in [-0.1, -0.05) is 69.4 Å². The van der Waals surface area contributed by atoms with Crippen LogP contribution in [-0.4, -0.2) is 12.1 Å². The lowest BCUT2D eigenvalue weighted by molar-refractivity contribution is 0.468. The second-order valence-corrected chi connectivity index (χ2v) is 10.4. The monoisotopic (exact) mass is 457 g/mol. The predicted molar refractivity (Wildman–Crippen MR) is 142 cm³/mol. The van der Waals surface area contributed by atoms with Crippen molar-refractivity contribution in [3.63, 3.8) is 0 Å². The van der Waals surface area contributed by atoms with E-state index in [9.17, 15) is 9.59 Å². The summed E-state index contributed by atoms with van der Waals surface area (Å²) < 4.78 is 0. The highest BCUT2D eigenvalue weighted by Gasteiger charge is 2.23. The molecule has 4 rings (SSSR count). The fourth-order valence-electron chi connectivity index (χ4n) is 4.52. The summed E-state index contributed by atoms with van der Waals surface area (Å²) in [5.74, 6) is 0.593. The maximum absolute atomic E-state index is 11.8. The number of nitrogens with one attached hydrogen (secondary N) is 2. The van der Waals surface area contributed by atoms with Crippen molar-refractivity contribution >= 4 is 17.1 Å². The van der Waals surface area contributed by atoms with Crippen LogP contribution in [0.3, 0.4) is 0 Å². The Morgan fingerprint density at radius 1 is 1.12 bits per heavy atom. The molecule has 4 N–H and O–H groups in total. The van der Waals surface area contributed by atoms with Crippen LogP contribution in [0.2, 0.25) is 0 Å². The standard InChI is InChI=1S/C29H35N3O2/c1-18-8-10-21(11-9-18)19(2)31-24(22-12-14-29(3,4)15-13-22)17-20-6-5-7-23(16-20)32-26-25(30)27(33)28(26)34/h5-8,10-14,16,18-19,24,31-32H,9,15,17,30H2,1-4H3. The SMILES string of the molecule is CC1C=CC(C(C)NC(Cc2cccc(Nc3c(N)c(=O)c3=O)c2)C2=CCC(C)(C)C=C2)=CC1. The summed E-state index contributed by atoms with van der Waals surface area (Å²) in [5.41, 5.74) is 9.40. The Kier molecular flexibility index (Phi) is 6.76. The first-order valence-electron chi connectivity index (χ1n) is 12.1. The molecule has 34 heavy (non-hydrogen) atoms. The fraction of sp³-hybridized carbons (Fsp3) is 0.379. The highest BCUT2D eigenvalue weighted by molar-refractivity contribution is 5.76. The molecule has 0 spiro atoms. The molecule has 0 radical (unpaired) electrons. The molecule has 178 valence electrons. The normalized spacial score (nSPS) is 21.1. The van der Waals surface area contributed by atoms with E-state index in [0.717, 1.165) is 30.5 Å². The number of anilines is 3. The lowest BCUT2D eigenvalue weighted by atomic mass is 9.81. The number of nitrogen functional groups attached to an aromatic ring is 1. The van der Waals surface area contributed by atoms with Gasteiger partial charge in [-0.25, -0.2) is 0 Å². The van der Waals surface area contributed by atoms with Crippen molar-refractivity contribution in [3.05, 3.63) is 97.9 Å². The zero-order chi connectivity index (χ0) is 24.5. The first kappa shape index (κ1) is 24.0. The van der Waals surface area contributed by atoms with Gasteiger partial charge in [-0.3, -0.25) is 9.59 Å². The van der Waals surface area contributed by atoms with Gasteiger partial charge >= 0.3 is 0 Å². The van der Waals surface area contributed by atoms with Crippen LogP contribution in [0.4, 0.5) is 17.1 Å². The highest BCUT2D eigenvalue weighted by Crippen LogP contribution is 2.31. The molecule has 0 aromatic heterocycles.